The molecular weight excluding hydrogens is 214 g/mol. The van der Waals surface area contributed by atoms with Crippen molar-refractivity contribution in [2.75, 3.05) is 27.4 Å². The lowest BCUT2D eigenvalue weighted by Gasteiger charge is -2.06. The van der Waals surface area contributed by atoms with Crippen LogP contribution < -0.4 is 10.1 Å². The molecule has 0 amide bonds. The molecule has 0 radical (unpaired) electrons. The zero-order valence-electron chi connectivity index (χ0n) is 10.9. The molecule has 0 spiro atoms. The van der Waals surface area contributed by atoms with Gasteiger partial charge in [-0.2, -0.15) is 0 Å². The predicted molar refractivity (Wildman–Crippen MR) is 70.4 cm³/mol. The molecule has 3 heteroatoms. The smallest absolute Gasteiger partial charge is 0.118 e. The van der Waals surface area contributed by atoms with E-state index in [1.807, 2.05) is 12.1 Å². The van der Waals surface area contributed by atoms with Crippen molar-refractivity contribution >= 4 is 0 Å². The largest absolute Gasteiger partial charge is 0.497 e. The minimum atomic E-state index is 0.873. The van der Waals surface area contributed by atoms with Gasteiger partial charge in [0.05, 0.1) is 7.11 Å². The van der Waals surface area contributed by atoms with Crippen LogP contribution in [0.3, 0.4) is 0 Å². The molecule has 0 bridgehead atoms. The van der Waals surface area contributed by atoms with E-state index in [2.05, 4.69) is 17.4 Å². The summed E-state index contributed by atoms with van der Waals surface area (Å²) in [6, 6.07) is 8.18. The van der Waals surface area contributed by atoms with Gasteiger partial charge in [-0.1, -0.05) is 12.1 Å². The molecule has 96 valence electrons. The maximum absolute atomic E-state index is 5.12. The van der Waals surface area contributed by atoms with Gasteiger partial charge in [0.15, 0.2) is 0 Å². The quantitative estimate of drug-likeness (QED) is 0.670. The normalized spacial score (nSPS) is 10.5. The Hall–Kier alpha value is -1.06. The van der Waals surface area contributed by atoms with Gasteiger partial charge in [0.2, 0.25) is 0 Å². The number of benzene rings is 1. The number of methoxy groups -OCH3 is 2. The van der Waals surface area contributed by atoms with Crippen LogP contribution in [0.15, 0.2) is 24.3 Å². The molecule has 1 aromatic rings. The summed E-state index contributed by atoms with van der Waals surface area (Å²) in [5.74, 6) is 0.910. The molecule has 17 heavy (non-hydrogen) atoms. The summed E-state index contributed by atoms with van der Waals surface area (Å²) in [7, 11) is 3.44. The third-order valence-electron chi connectivity index (χ3n) is 2.69. The van der Waals surface area contributed by atoms with Gasteiger partial charge >= 0.3 is 0 Å². The zero-order valence-corrected chi connectivity index (χ0v) is 10.9. The van der Waals surface area contributed by atoms with E-state index in [1.54, 1.807) is 14.2 Å². The topological polar surface area (TPSA) is 30.5 Å². The van der Waals surface area contributed by atoms with Crippen LogP contribution in [0.5, 0.6) is 5.75 Å². The predicted octanol–water partition coefficient (Wildman–Crippen LogP) is 2.60. The lowest BCUT2D eigenvalue weighted by molar-refractivity contribution is 0.192. The Labute approximate surface area is 104 Å². The summed E-state index contributed by atoms with van der Waals surface area (Å²) in [5, 5.41) is 3.43. The first-order chi connectivity index (χ1) is 8.36. The van der Waals surface area contributed by atoms with E-state index in [0.29, 0.717) is 0 Å². The van der Waals surface area contributed by atoms with Crippen molar-refractivity contribution in [1.82, 2.24) is 5.32 Å². The standard InChI is InChI=1S/C14H23NO2/c1-16-11-5-3-4-10-15-12-13-6-8-14(17-2)9-7-13/h6-9,15H,3-5,10-12H2,1-2H3. The maximum atomic E-state index is 5.12. The minimum Gasteiger partial charge on any atom is -0.497 e. The summed E-state index contributed by atoms with van der Waals surface area (Å²) >= 11 is 0. The van der Waals surface area contributed by atoms with Crippen LogP contribution in [-0.4, -0.2) is 27.4 Å². The van der Waals surface area contributed by atoms with Crippen LogP contribution in [0.4, 0.5) is 0 Å². The van der Waals surface area contributed by atoms with Crippen molar-refractivity contribution < 1.29 is 9.47 Å². The zero-order chi connectivity index (χ0) is 12.3. The maximum Gasteiger partial charge on any atom is 0.118 e. The highest BCUT2D eigenvalue weighted by atomic mass is 16.5. The van der Waals surface area contributed by atoms with Crippen LogP contribution in [0.2, 0.25) is 0 Å². The third kappa shape index (κ3) is 6.29. The van der Waals surface area contributed by atoms with Gasteiger partial charge < -0.3 is 14.8 Å². The number of rotatable bonds is 9. The molecule has 1 aromatic carbocycles. The van der Waals surface area contributed by atoms with Crippen molar-refractivity contribution in [3.05, 3.63) is 29.8 Å². The van der Waals surface area contributed by atoms with Gasteiger partial charge in [-0.25, -0.2) is 0 Å². The molecule has 0 saturated carbocycles. The SMILES string of the molecule is COCCCCCNCc1ccc(OC)cc1. The first-order valence-corrected chi connectivity index (χ1v) is 6.19. The second kappa shape index (κ2) is 9.02. The molecule has 1 rings (SSSR count). The Morgan fingerprint density at radius 3 is 2.41 bits per heavy atom. The molecule has 0 fully saturated rings. The van der Waals surface area contributed by atoms with Gasteiger partial charge in [0.1, 0.15) is 5.75 Å². The van der Waals surface area contributed by atoms with Gasteiger partial charge in [-0.3, -0.25) is 0 Å². The van der Waals surface area contributed by atoms with Crippen LogP contribution in [0, 0.1) is 0 Å². The summed E-state index contributed by atoms with van der Waals surface area (Å²) in [6.07, 6.45) is 3.59. The number of unbranched alkanes of at least 4 members (excludes halogenated alkanes) is 2. The summed E-state index contributed by atoms with van der Waals surface area (Å²) < 4.78 is 10.1. The molecular formula is C14H23NO2. The summed E-state index contributed by atoms with van der Waals surface area (Å²) in [6.45, 7) is 2.86. The highest BCUT2D eigenvalue weighted by Crippen LogP contribution is 2.10. The van der Waals surface area contributed by atoms with Crippen molar-refractivity contribution in [2.45, 2.75) is 25.8 Å². The Morgan fingerprint density at radius 1 is 1.00 bits per heavy atom. The van der Waals surface area contributed by atoms with E-state index in [0.717, 1.165) is 31.9 Å². The van der Waals surface area contributed by atoms with E-state index in [-0.39, 0.29) is 0 Å². The Morgan fingerprint density at radius 2 is 1.76 bits per heavy atom. The van der Waals surface area contributed by atoms with E-state index >= 15 is 0 Å². The van der Waals surface area contributed by atoms with Crippen molar-refractivity contribution in [3.63, 3.8) is 0 Å². The second-order valence-corrected chi connectivity index (χ2v) is 4.08. The summed E-state index contributed by atoms with van der Waals surface area (Å²) in [5.41, 5.74) is 1.29. The van der Waals surface area contributed by atoms with E-state index in [9.17, 15) is 0 Å². The first-order valence-electron chi connectivity index (χ1n) is 6.19. The van der Waals surface area contributed by atoms with Crippen molar-refractivity contribution in [2.24, 2.45) is 0 Å². The Balaban J connectivity index is 2.05. The highest BCUT2D eigenvalue weighted by molar-refractivity contribution is 5.26. The average molecular weight is 237 g/mol. The number of nitrogens with one attached hydrogen (secondary N) is 1. The van der Waals surface area contributed by atoms with Crippen molar-refractivity contribution in [3.8, 4) is 5.75 Å². The van der Waals surface area contributed by atoms with Crippen LogP contribution in [-0.2, 0) is 11.3 Å². The lowest BCUT2D eigenvalue weighted by atomic mass is 10.2. The van der Waals surface area contributed by atoms with Gasteiger partial charge in [0, 0.05) is 20.3 Å². The molecule has 1 N–H and O–H groups in total. The molecule has 0 unspecified atom stereocenters. The lowest BCUT2D eigenvalue weighted by Crippen LogP contribution is -2.14. The van der Waals surface area contributed by atoms with E-state index in [4.69, 9.17) is 9.47 Å². The molecule has 0 aliphatic heterocycles. The fourth-order valence-corrected chi connectivity index (χ4v) is 1.65. The number of ether oxygens (including phenoxy) is 2. The number of hydrogen-bond acceptors (Lipinski definition) is 3. The molecule has 0 aromatic heterocycles. The molecule has 0 saturated heterocycles. The van der Waals surface area contributed by atoms with E-state index in [1.165, 1.54) is 18.4 Å². The second-order valence-electron chi connectivity index (χ2n) is 4.08. The third-order valence-corrected chi connectivity index (χ3v) is 2.69. The van der Waals surface area contributed by atoms with Crippen molar-refractivity contribution in [1.29, 1.82) is 0 Å². The number of hydrogen-bond donors (Lipinski definition) is 1. The van der Waals surface area contributed by atoms with Crippen LogP contribution >= 0.6 is 0 Å². The molecule has 0 aliphatic carbocycles. The monoisotopic (exact) mass is 237 g/mol. The Bertz CT molecular complexity index is 285. The summed E-state index contributed by atoms with van der Waals surface area (Å²) in [4.78, 5) is 0. The average Bonchev–Trinajstić information content (AvgIpc) is 2.38. The van der Waals surface area contributed by atoms with Crippen LogP contribution in [0.1, 0.15) is 24.8 Å². The van der Waals surface area contributed by atoms with Gasteiger partial charge in [-0.15, -0.1) is 0 Å². The van der Waals surface area contributed by atoms with Crippen LogP contribution in [0.25, 0.3) is 0 Å². The molecule has 3 nitrogen and oxygen atoms in total. The highest BCUT2D eigenvalue weighted by Gasteiger charge is 1.94. The molecule has 0 heterocycles. The fourth-order valence-electron chi connectivity index (χ4n) is 1.65. The molecule has 0 aliphatic rings. The molecule has 0 atom stereocenters. The van der Waals surface area contributed by atoms with Gasteiger partial charge in [-0.05, 0) is 43.5 Å². The van der Waals surface area contributed by atoms with E-state index < -0.39 is 0 Å². The minimum absolute atomic E-state index is 0.873. The first kappa shape index (κ1) is 14.0. The fraction of sp³-hybridized carbons (Fsp3) is 0.571. The van der Waals surface area contributed by atoms with Gasteiger partial charge in [0.25, 0.3) is 0 Å². The Kier molecular flexibility index (Phi) is 7.43.